The molecule has 0 bridgehead atoms. The number of hydrogen-bond donors (Lipinski definition) is 3. The van der Waals surface area contributed by atoms with E-state index in [1.807, 2.05) is 12.1 Å². The molecule has 1 aliphatic heterocycles. The van der Waals surface area contributed by atoms with Crippen LogP contribution in [0.2, 0.25) is 0 Å². The number of methoxy groups -OCH3 is 1. The minimum Gasteiger partial charge on any atom is -0.496 e. The van der Waals surface area contributed by atoms with Crippen molar-refractivity contribution in [1.82, 2.24) is 15.1 Å². The highest BCUT2D eigenvalue weighted by atomic mass is 19.1. The van der Waals surface area contributed by atoms with Crippen LogP contribution in [0.15, 0.2) is 24.3 Å². The van der Waals surface area contributed by atoms with Gasteiger partial charge in [0.15, 0.2) is 0 Å². The van der Waals surface area contributed by atoms with Crippen molar-refractivity contribution in [2.45, 2.75) is 18.5 Å². The molecule has 7 nitrogen and oxygen atoms in total. The number of aromatic nitrogens is 2. The number of ether oxygens (including phenoxy) is 1. The van der Waals surface area contributed by atoms with E-state index in [0.717, 1.165) is 16.0 Å². The standard InChI is InChI=1S/C16H19FN4O3/c1-24-14-6-9(2-3-11(14)13-7-15(18)20-19-13)10-4-5-21(16(22)23)8-12(10)17/h2-3,6-7,10,12H,4-5,8H2,1H3,(H,22,23)(H3,18,19,20). The number of H-pyrrole nitrogens is 1. The fourth-order valence-corrected chi connectivity index (χ4v) is 3.09. The number of nitrogens with zero attached hydrogens (tertiary/aromatic N) is 2. The van der Waals surface area contributed by atoms with Crippen molar-refractivity contribution in [3.8, 4) is 17.0 Å². The minimum atomic E-state index is -1.24. The van der Waals surface area contributed by atoms with Gasteiger partial charge >= 0.3 is 6.09 Å². The van der Waals surface area contributed by atoms with Crippen molar-refractivity contribution in [2.75, 3.05) is 25.9 Å². The zero-order chi connectivity index (χ0) is 17.3. The summed E-state index contributed by atoms with van der Waals surface area (Å²) < 4.78 is 19.8. The lowest BCUT2D eigenvalue weighted by molar-refractivity contribution is 0.0963. The van der Waals surface area contributed by atoms with E-state index in [0.29, 0.717) is 30.2 Å². The van der Waals surface area contributed by atoms with Gasteiger partial charge in [0, 0.05) is 24.1 Å². The molecule has 1 fully saturated rings. The Bertz CT molecular complexity index is 749. The van der Waals surface area contributed by atoms with E-state index in [9.17, 15) is 9.18 Å². The molecule has 1 amide bonds. The van der Waals surface area contributed by atoms with E-state index >= 15 is 0 Å². The summed E-state index contributed by atoms with van der Waals surface area (Å²) in [4.78, 5) is 12.1. The number of rotatable bonds is 3. The summed E-state index contributed by atoms with van der Waals surface area (Å²) in [7, 11) is 1.54. The SMILES string of the molecule is COc1cc(C2CCN(C(=O)O)CC2F)ccc1-c1cc(N)n[nH]1. The molecule has 2 aromatic rings. The van der Waals surface area contributed by atoms with Crippen LogP contribution in [-0.4, -0.2) is 52.7 Å². The monoisotopic (exact) mass is 334 g/mol. The van der Waals surface area contributed by atoms with Gasteiger partial charge in [0.2, 0.25) is 0 Å². The Hall–Kier alpha value is -2.77. The van der Waals surface area contributed by atoms with E-state index in [1.165, 1.54) is 0 Å². The van der Waals surface area contributed by atoms with E-state index < -0.39 is 12.3 Å². The molecule has 4 N–H and O–H groups in total. The number of aromatic amines is 1. The van der Waals surface area contributed by atoms with Crippen molar-refractivity contribution in [2.24, 2.45) is 0 Å². The number of halogens is 1. The van der Waals surface area contributed by atoms with Gasteiger partial charge in [0.05, 0.1) is 19.3 Å². The lowest BCUT2D eigenvalue weighted by Gasteiger charge is -2.33. The summed E-state index contributed by atoms with van der Waals surface area (Å²) in [5.74, 6) is 0.611. The fourth-order valence-electron chi connectivity index (χ4n) is 3.09. The van der Waals surface area contributed by atoms with Gasteiger partial charge in [-0.05, 0) is 24.1 Å². The molecule has 1 saturated heterocycles. The number of hydrogen-bond acceptors (Lipinski definition) is 4. The van der Waals surface area contributed by atoms with Crippen LogP contribution in [0.25, 0.3) is 11.3 Å². The molecule has 128 valence electrons. The van der Waals surface area contributed by atoms with Crippen molar-refractivity contribution in [3.05, 3.63) is 29.8 Å². The van der Waals surface area contributed by atoms with Gasteiger partial charge in [-0.25, -0.2) is 9.18 Å². The molecule has 0 aliphatic carbocycles. The third kappa shape index (κ3) is 2.99. The van der Waals surface area contributed by atoms with Crippen LogP contribution in [-0.2, 0) is 0 Å². The molecular weight excluding hydrogens is 315 g/mol. The highest BCUT2D eigenvalue weighted by Crippen LogP contribution is 2.36. The fraction of sp³-hybridized carbons (Fsp3) is 0.375. The largest absolute Gasteiger partial charge is 0.496 e. The number of anilines is 1. The molecule has 0 radical (unpaired) electrons. The Morgan fingerprint density at radius 2 is 2.29 bits per heavy atom. The van der Waals surface area contributed by atoms with Crippen LogP contribution in [0, 0.1) is 0 Å². The van der Waals surface area contributed by atoms with E-state index in [-0.39, 0.29) is 12.5 Å². The van der Waals surface area contributed by atoms with Gasteiger partial charge in [-0.15, -0.1) is 0 Å². The van der Waals surface area contributed by atoms with Crippen LogP contribution >= 0.6 is 0 Å². The van der Waals surface area contributed by atoms with Gasteiger partial charge in [-0.1, -0.05) is 6.07 Å². The Kier molecular flexibility index (Phi) is 4.28. The van der Waals surface area contributed by atoms with Crippen LogP contribution in [0.3, 0.4) is 0 Å². The minimum absolute atomic E-state index is 0.110. The number of nitrogen functional groups attached to an aromatic ring is 1. The summed E-state index contributed by atoms with van der Waals surface area (Å²) in [6.07, 6.45) is -1.89. The Morgan fingerprint density at radius 3 is 2.88 bits per heavy atom. The Labute approximate surface area is 138 Å². The van der Waals surface area contributed by atoms with E-state index in [2.05, 4.69) is 10.2 Å². The first-order valence-electron chi connectivity index (χ1n) is 7.60. The number of nitrogens with two attached hydrogens (primary N) is 1. The zero-order valence-electron chi connectivity index (χ0n) is 13.2. The number of piperidine rings is 1. The highest BCUT2D eigenvalue weighted by Gasteiger charge is 2.32. The molecule has 2 heterocycles. The molecular formula is C16H19FN4O3. The second-order valence-corrected chi connectivity index (χ2v) is 5.81. The van der Waals surface area contributed by atoms with Crippen LogP contribution in [0.1, 0.15) is 17.9 Å². The molecule has 24 heavy (non-hydrogen) atoms. The molecule has 2 atom stereocenters. The first kappa shape index (κ1) is 16.1. The number of carboxylic acid groups (broad SMARTS) is 1. The quantitative estimate of drug-likeness (QED) is 0.800. The predicted octanol–water partition coefficient (Wildman–Crippen LogP) is 2.47. The molecule has 0 spiro atoms. The third-order valence-electron chi connectivity index (χ3n) is 4.35. The average molecular weight is 334 g/mol. The first-order chi connectivity index (χ1) is 11.5. The maximum atomic E-state index is 14.4. The second-order valence-electron chi connectivity index (χ2n) is 5.81. The topological polar surface area (TPSA) is 104 Å². The first-order valence-corrected chi connectivity index (χ1v) is 7.60. The van der Waals surface area contributed by atoms with E-state index in [1.54, 1.807) is 19.2 Å². The normalized spacial score (nSPS) is 20.8. The molecule has 0 saturated carbocycles. The van der Waals surface area contributed by atoms with Crippen molar-refractivity contribution < 1.29 is 19.0 Å². The smallest absolute Gasteiger partial charge is 0.407 e. The lowest BCUT2D eigenvalue weighted by Crippen LogP contribution is -2.43. The van der Waals surface area contributed by atoms with Gasteiger partial charge in [0.25, 0.3) is 0 Å². The summed E-state index contributed by atoms with van der Waals surface area (Å²) in [5, 5.41) is 15.7. The summed E-state index contributed by atoms with van der Waals surface area (Å²) in [6.45, 7) is 0.211. The maximum absolute atomic E-state index is 14.4. The van der Waals surface area contributed by atoms with Gasteiger partial charge in [-0.2, -0.15) is 5.10 Å². The van der Waals surface area contributed by atoms with Gasteiger partial charge in [-0.3, -0.25) is 5.10 Å². The van der Waals surface area contributed by atoms with Crippen molar-refractivity contribution in [3.63, 3.8) is 0 Å². The third-order valence-corrected chi connectivity index (χ3v) is 4.35. The van der Waals surface area contributed by atoms with Crippen molar-refractivity contribution in [1.29, 1.82) is 0 Å². The highest BCUT2D eigenvalue weighted by molar-refractivity contribution is 5.70. The second kappa shape index (κ2) is 6.38. The molecule has 8 heteroatoms. The molecule has 3 rings (SSSR count). The average Bonchev–Trinajstić information content (AvgIpc) is 3.00. The molecule has 2 unspecified atom stereocenters. The maximum Gasteiger partial charge on any atom is 0.407 e. The molecule has 1 aliphatic rings. The van der Waals surface area contributed by atoms with Crippen molar-refractivity contribution >= 4 is 11.9 Å². The van der Waals surface area contributed by atoms with Crippen LogP contribution in [0.5, 0.6) is 5.75 Å². The van der Waals surface area contributed by atoms with E-state index in [4.69, 9.17) is 15.6 Å². The number of alkyl halides is 1. The number of likely N-dealkylation sites (tertiary alicyclic amines) is 1. The van der Waals surface area contributed by atoms with Gasteiger partial charge in [0.1, 0.15) is 17.7 Å². The lowest BCUT2D eigenvalue weighted by atomic mass is 9.87. The zero-order valence-corrected chi connectivity index (χ0v) is 13.2. The van der Waals surface area contributed by atoms with Gasteiger partial charge < -0.3 is 20.5 Å². The summed E-state index contributed by atoms with van der Waals surface area (Å²) >= 11 is 0. The van der Waals surface area contributed by atoms with Crippen LogP contribution in [0.4, 0.5) is 15.0 Å². The number of amides is 1. The summed E-state index contributed by atoms with van der Waals surface area (Å²) in [5.41, 5.74) is 7.91. The number of benzene rings is 1. The Balaban J connectivity index is 1.86. The number of nitrogens with one attached hydrogen (secondary N) is 1. The summed E-state index contributed by atoms with van der Waals surface area (Å²) in [6, 6.07) is 7.15. The number of carbonyl (C=O) groups is 1. The molecule has 1 aromatic carbocycles. The Morgan fingerprint density at radius 1 is 1.50 bits per heavy atom. The predicted molar refractivity (Wildman–Crippen MR) is 86.8 cm³/mol. The van der Waals surface area contributed by atoms with Crippen LogP contribution < -0.4 is 10.5 Å². The molecule has 1 aromatic heterocycles.